The Morgan fingerprint density at radius 2 is 1.81 bits per heavy atom. The Labute approximate surface area is 180 Å². The van der Waals surface area contributed by atoms with Crippen LogP contribution in [0.4, 0.5) is 5.69 Å². The number of carboxylic acid groups (broad SMARTS) is 1. The molecule has 0 saturated heterocycles. The number of carbonyl (C=O) groups excluding carboxylic acids is 2. The van der Waals surface area contributed by atoms with Crippen LogP contribution >= 0.6 is 0 Å². The third-order valence-electron chi connectivity index (χ3n) is 4.97. The summed E-state index contributed by atoms with van der Waals surface area (Å²) in [6.45, 7) is 2.14. The van der Waals surface area contributed by atoms with E-state index in [1.165, 1.54) is 25.1 Å². The molecular formula is C21H23N3O6S. The Morgan fingerprint density at radius 3 is 2.45 bits per heavy atom. The van der Waals surface area contributed by atoms with Crippen LogP contribution in [0.25, 0.3) is 0 Å². The zero-order valence-corrected chi connectivity index (χ0v) is 17.7. The van der Waals surface area contributed by atoms with Crippen molar-refractivity contribution in [3.05, 3.63) is 59.2 Å². The fourth-order valence-corrected chi connectivity index (χ4v) is 4.39. The number of aromatic carboxylic acids is 1. The lowest BCUT2D eigenvalue weighted by Gasteiger charge is -2.15. The van der Waals surface area contributed by atoms with Crippen LogP contribution in [0.2, 0.25) is 0 Å². The predicted molar refractivity (Wildman–Crippen MR) is 113 cm³/mol. The van der Waals surface area contributed by atoms with Gasteiger partial charge in [0.15, 0.2) is 0 Å². The van der Waals surface area contributed by atoms with E-state index in [1.807, 2.05) is 0 Å². The van der Waals surface area contributed by atoms with E-state index in [9.17, 15) is 22.8 Å². The monoisotopic (exact) mass is 445 g/mol. The van der Waals surface area contributed by atoms with E-state index in [4.69, 9.17) is 5.11 Å². The fourth-order valence-electron chi connectivity index (χ4n) is 3.31. The number of carbonyl (C=O) groups is 3. The average Bonchev–Trinajstić information content (AvgIpc) is 3.16. The molecular weight excluding hydrogens is 422 g/mol. The van der Waals surface area contributed by atoms with Gasteiger partial charge in [0.25, 0.3) is 0 Å². The highest BCUT2D eigenvalue weighted by molar-refractivity contribution is 7.89. The maximum Gasteiger partial charge on any atom is 0.335 e. The summed E-state index contributed by atoms with van der Waals surface area (Å²) in [5.74, 6) is -1.45. The van der Waals surface area contributed by atoms with Gasteiger partial charge in [-0.3, -0.25) is 9.59 Å². The molecule has 0 aliphatic carbocycles. The lowest BCUT2D eigenvalue weighted by molar-refractivity contribution is -0.121. The number of nitrogens with zero attached hydrogens (tertiary/aromatic N) is 1. The van der Waals surface area contributed by atoms with Crippen LogP contribution in [0.3, 0.4) is 0 Å². The van der Waals surface area contributed by atoms with Crippen molar-refractivity contribution in [2.24, 2.45) is 0 Å². The summed E-state index contributed by atoms with van der Waals surface area (Å²) in [6, 6.07) is 10.7. The molecule has 1 heterocycles. The molecule has 9 nitrogen and oxygen atoms in total. The molecule has 1 aliphatic rings. The topological polar surface area (TPSA) is 133 Å². The number of nitrogens with one attached hydrogen (secondary N) is 2. The average molecular weight is 445 g/mol. The summed E-state index contributed by atoms with van der Waals surface area (Å²) >= 11 is 0. The van der Waals surface area contributed by atoms with Crippen molar-refractivity contribution in [1.82, 2.24) is 10.0 Å². The van der Waals surface area contributed by atoms with Gasteiger partial charge in [0.05, 0.1) is 10.5 Å². The van der Waals surface area contributed by atoms with Gasteiger partial charge in [0.1, 0.15) is 0 Å². The number of benzene rings is 2. The van der Waals surface area contributed by atoms with Crippen molar-refractivity contribution in [3.8, 4) is 0 Å². The lowest BCUT2D eigenvalue weighted by atomic mass is 10.1. The number of fused-ring (bicyclic) bond motifs is 1. The second kappa shape index (κ2) is 9.27. The summed E-state index contributed by atoms with van der Waals surface area (Å²) in [6.07, 6.45) is 0.545. The third-order valence-corrected chi connectivity index (χ3v) is 6.43. The first-order chi connectivity index (χ1) is 14.7. The summed E-state index contributed by atoms with van der Waals surface area (Å²) in [5, 5.41) is 11.5. The maximum atomic E-state index is 12.5. The Balaban J connectivity index is 1.50. The van der Waals surface area contributed by atoms with Crippen molar-refractivity contribution in [2.75, 3.05) is 18.0 Å². The van der Waals surface area contributed by atoms with Crippen molar-refractivity contribution >= 4 is 33.5 Å². The van der Waals surface area contributed by atoms with Gasteiger partial charge in [-0.05, 0) is 47.9 Å². The summed E-state index contributed by atoms with van der Waals surface area (Å²) in [7, 11) is -3.78. The standard InChI is InChI=1S/C21H23N3O6S/c1-14(25)24-11-9-17-12-18(6-7-19(17)24)31(29,30)23-10-8-20(26)22-13-15-2-4-16(5-3-15)21(27)28/h2-7,12,23H,8-11,13H2,1H3,(H,22,26)(H,27,28). The SMILES string of the molecule is CC(=O)N1CCc2cc(S(=O)(=O)NCCC(=O)NCc3ccc(C(=O)O)cc3)ccc21. The van der Waals surface area contributed by atoms with Gasteiger partial charge in [0, 0.05) is 38.7 Å². The van der Waals surface area contributed by atoms with Crippen LogP contribution in [0.15, 0.2) is 47.4 Å². The first-order valence-corrected chi connectivity index (χ1v) is 11.2. The van der Waals surface area contributed by atoms with E-state index in [0.29, 0.717) is 13.0 Å². The van der Waals surface area contributed by atoms with E-state index >= 15 is 0 Å². The lowest BCUT2D eigenvalue weighted by Crippen LogP contribution is -2.30. The minimum atomic E-state index is -3.78. The van der Waals surface area contributed by atoms with Gasteiger partial charge in [-0.15, -0.1) is 0 Å². The van der Waals surface area contributed by atoms with E-state index in [2.05, 4.69) is 10.0 Å². The number of hydrogen-bond acceptors (Lipinski definition) is 5. The van der Waals surface area contributed by atoms with Crippen LogP contribution in [0.1, 0.15) is 34.8 Å². The zero-order valence-electron chi connectivity index (χ0n) is 16.9. The summed E-state index contributed by atoms with van der Waals surface area (Å²) in [5.41, 5.74) is 2.41. The minimum Gasteiger partial charge on any atom is -0.478 e. The molecule has 2 aromatic rings. The number of carboxylic acids is 1. The highest BCUT2D eigenvalue weighted by Gasteiger charge is 2.24. The summed E-state index contributed by atoms with van der Waals surface area (Å²) < 4.78 is 27.5. The number of hydrogen-bond donors (Lipinski definition) is 3. The first kappa shape index (κ1) is 22.4. The molecule has 31 heavy (non-hydrogen) atoms. The smallest absolute Gasteiger partial charge is 0.335 e. The first-order valence-electron chi connectivity index (χ1n) is 9.67. The molecule has 10 heteroatoms. The van der Waals surface area contributed by atoms with Crippen molar-refractivity contribution in [2.45, 2.75) is 31.2 Å². The number of rotatable bonds is 8. The zero-order chi connectivity index (χ0) is 22.6. The van der Waals surface area contributed by atoms with Gasteiger partial charge in [-0.2, -0.15) is 0 Å². The Kier molecular flexibility index (Phi) is 6.71. The van der Waals surface area contributed by atoms with Crippen molar-refractivity contribution in [1.29, 1.82) is 0 Å². The molecule has 3 N–H and O–H groups in total. The van der Waals surface area contributed by atoms with Gasteiger partial charge >= 0.3 is 5.97 Å². The molecule has 0 fully saturated rings. The van der Waals surface area contributed by atoms with Gasteiger partial charge in [0.2, 0.25) is 21.8 Å². The van der Waals surface area contributed by atoms with Crippen LogP contribution in [-0.4, -0.2) is 44.4 Å². The molecule has 0 saturated carbocycles. The third kappa shape index (κ3) is 5.47. The highest BCUT2D eigenvalue weighted by Crippen LogP contribution is 2.30. The molecule has 3 rings (SSSR count). The normalized spacial score (nSPS) is 13.0. The molecule has 0 unspecified atom stereocenters. The predicted octanol–water partition coefficient (Wildman–Crippen LogP) is 1.28. The van der Waals surface area contributed by atoms with Gasteiger partial charge < -0.3 is 15.3 Å². The Hall–Kier alpha value is -3.24. The molecule has 1 aliphatic heterocycles. The van der Waals surface area contributed by atoms with Crippen molar-refractivity contribution in [3.63, 3.8) is 0 Å². The van der Waals surface area contributed by atoms with Gasteiger partial charge in [-0.1, -0.05) is 12.1 Å². The van der Waals surface area contributed by atoms with E-state index in [-0.39, 0.29) is 41.8 Å². The van der Waals surface area contributed by atoms with Crippen LogP contribution < -0.4 is 14.9 Å². The number of anilines is 1. The highest BCUT2D eigenvalue weighted by atomic mass is 32.2. The Morgan fingerprint density at radius 1 is 1.10 bits per heavy atom. The number of amides is 2. The molecule has 0 atom stereocenters. The van der Waals surface area contributed by atoms with Crippen LogP contribution in [0, 0.1) is 0 Å². The second-order valence-corrected chi connectivity index (χ2v) is 8.90. The van der Waals surface area contributed by atoms with E-state index in [0.717, 1.165) is 16.8 Å². The second-order valence-electron chi connectivity index (χ2n) is 7.14. The molecule has 0 spiro atoms. The largest absolute Gasteiger partial charge is 0.478 e. The van der Waals surface area contributed by atoms with Crippen molar-refractivity contribution < 1.29 is 27.9 Å². The molecule has 0 radical (unpaired) electrons. The quantitative estimate of drug-likeness (QED) is 0.561. The maximum absolute atomic E-state index is 12.5. The molecule has 0 aromatic heterocycles. The number of sulfonamides is 1. The van der Waals surface area contributed by atoms with Crippen LogP contribution in [0.5, 0.6) is 0 Å². The van der Waals surface area contributed by atoms with Crippen LogP contribution in [-0.2, 0) is 32.6 Å². The Bertz CT molecular complexity index is 1110. The summed E-state index contributed by atoms with van der Waals surface area (Å²) in [4.78, 5) is 36.1. The van der Waals surface area contributed by atoms with E-state index in [1.54, 1.807) is 29.2 Å². The molecule has 164 valence electrons. The fraction of sp³-hybridized carbons (Fsp3) is 0.286. The van der Waals surface area contributed by atoms with Gasteiger partial charge in [-0.25, -0.2) is 17.9 Å². The minimum absolute atomic E-state index is 0.0461. The molecule has 0 bridgehead atoms. The molecule has 2 amide bonds. The van der Waals surface area contributed by atoms with E-state index < -0.39 is 16.0 Å². The molecule has 2 aromatic carbocycles.